The highest BCUT2D eigenvalue weighted by molar-refractivity contribution is 6.32. The van der Waals surface area contributed by atoms with Gasteiger partial charge in [0.2, 0.25) is 5.91 Å². The van der Waals surface area contributed by atoms with Crippen LogP contribution in [-0.2, 0) is 14.3 Å². The average molecular weight is 377 g/mol. The molecule has 0 bridgehead atoms. The highest BCUT2D eigenvalue weighted by atomic mass is 35.5. The smallest absolute Gasteiger partial charge is 0.344 e. The second-order valence-electron chi connectivity index (χ2n) is 5.28. The third kappa shape index (κ3) is 5.49. The highest BCUT2D eigenvalue weighted by Gasteiger charge is 2.18. The van der Waals surface area contributed by atoms with Gasteiger partial charge >= 0.3 is 5.97 Å². The van der Waals surface area contributed by atoms with Gasteiger partial charge in [0.15, 0.2) is 12.7 Å². The molecule has 0 aromatic heterocycles. The number of amides is 2. The maximum Gasteiger partial charge on any atom is 0.344 e. The zero-order valence-corrected chi connectivity index (χ0v) is 14.7. The van der Waals surface area contributed by atoms with Crippen LogP contribution in [0.1, 0.15) is 17.3 Å². The van der Waals surface area contributed by atoms with Gasteiger partial charge in [0.1, 0.15) is 5.75 Å². The van der Waals surface area contributed by atoms with E-state index in [1.54, 1.807) is 24.3 Å². The number of ether oxygens (including phenoxy) is 2. The van der Waals surface area contributed by atoms with Crippen molar-refractivity contribution in [3.63, 3.8) is 0 Å². The lowest BCUT2D eigenvalue weighted by atomic mass is 10.2. The summed E-state index contributed by atoms with van der Waals surface area (Å²) in [7, 11) is 0. The number of esters is 1. The third-order valence-corrected chi connectivity index (χ3v) is 3.61. The molecule has 0 radical (unpaired) electrons. The summed E-state index contributed by atoms with van der Waals surface area (Å²) in [5.74, 6) is -1.46. The van der Waals surface area contributed by atoms with Gasteiger partial charge in [-0.15, -0.1) is 0 Å². The van der Waals surface area contributed by atoms with E-state index >= 15 is 0 Å². The zero-order chi connectivity index (χ0) is 19.1. The molecule has 2 aromatic rings. The Labute approximate surface area is 155 Å². The van der Waals surface area contributed by atoms with Gasteiger partial charge in [-0.05, 0) is 43.3 Å². The molecule has 0 fully saturated rings. The van der Waals surface area contributed by atoms with E-state index in [1.807, 2.05) is 0 Å². The summed E-state index contributed by atoms with van der Waals surface area (Å²) in [5, 5.41) is 2.93. The molecular weight excluding hydrogens is 360 g/mol. The number of nitrogens with one attached hydrogen (secondary N) is 1. The predicted molar refractivity (Wildman–Crippen MR) is 96.1 cm³/mol. The van der Waals surface area contributed by atoms with Crippen molar-refractivity contribution in [2.45, 2.75) is 13.0 Å². The molecule has 0 aliphatic rings. The Kier molecular flexibility index (Phi) is 6.57. The fraction of sp³-hybridized carbons (Fsp3) is 0.167. The molecule has 0 spiro atoms. The van der Waals surface area contributed by atoms with Crippen LogP contribution in [0.25, 0.3) is 0 Å². The van der Waals surface area contributed by atoms with Crippen molar-refractivity contribution < 1.29 is 23.9 Å². The van der Waals surface area contributed by atoms with Gasteiger partial charge in [-0.1, -0.05) is 23.7 Å². The standard InChI is InChI=1S/C18H17ClN2O5/c1-11(18(24)21-13-8-6-12(7-9-13)17(20)23)26-16(22)10-25-15-5-3-2-4-14(15)19/h2-9,11H,10H2,1H3,(H2,20,23)(H,21,24)/t11-/m1/s1. The zero-order valence-electron chi connectivity index (χ0n) is 13.9. The number of anilines is 1. The number of hydrogen-bond acceptors (Lipinski definition) is 5. The van der Waals surface area contributed by atoms with Crippen LogP contribution in [0.3, 0.4) is 0 Å². The summed E-state index contributed by atoms with van der Waals surface area (Å²) >= 11 is 5.91. The van der Waals surface area contributed by atoms with Crippen molar-refractivity contribution in [1.82, 2.24) is 0 Å². The van der Waals surface area contributed by atoms with Gasteiger partial charge < -0.3 is 20.5 Å². The Morgan fingerprint density at radius 2 is 1.77 bits per heavy atom. The van der Waals surface area contributed by atoms with Crippen LogP contribution in [0.5, 0.6) is 5.75 Å². The quantitative estimate of drug-likeness (QED) is 0.721. The van der Waals surface area contributed by atoms with E-state index < -0.39 is 23.9 Å². The first-order valence-corrected chi connectivity index (χ1v) is 8.02. The summed E-state index contributed by atoms with van der Waals surface area (Å²) in [5.41, 5.74) is 5.90. The van der Waals surface area contributed by atoms with Gasteiger partial charge in [-0.2, -0.15) is 0 Å². The first-order chi connectivity index (χ1) is 12.4. The van der Waals surface area contributed by atoms with Crippen molar-refractivity contribution in [2.75, 3.05) is 11.9 Å². The van der Waals surface area contributed by atoms with Crippen LogP contribution in [0.2, 0.25) is 5.02 Å². The molecule has 0 saturated carbocycles. The van der Waals surface area contributed by atoms with Crippen molar-refractivity contribution in [2.24, 2.45) is 5.73 Å². The van der Waals surface area contributed by atoms with Crippen LogP contribution < -0.4 is 15.8 Å². The normalized spacial score (nSPS) is 11.3. The van der Waals surface area contributed by atoms with Crippen LogP contribution in [0.15, 0.2) is 48.5 Å². The van der Waals surface area contributed by atoms with Crippen LogP contribution in [-0.4, -0.2) is 30.5 Å². The number of carbonyl (C=O) groups is 3. The van der Waals surface area contributed by atoms with E-state index in [1.165, 1.54) is 31.2 Å². The summed E-state index contributed by atoms with van der Waals surface area (Å²) in [6.45, 7) is 1.05. The van der Waals surface area contributed by atoms with E-state index in [-0.39, 0.29) is 6.61 Å². The number of nitrogens with two attached hydrogens (primary N) is 1. The topological polar surface area (TPSA) is 108 Å². The third-order valence-electron chi connectivity index (χ3n) is 3.30. The molecule has 0 aliphatic carbocycles. The number of primary amides is 1. The number of benzene rings is 2. The maximum atomic E-state index is 12.1. The van der Waals surface area contributed by atoms with Crippen molar-refractivity contribution in [3.8, 4) is 5.75 Å². The lowest BCUT2D eigenvalue weighted by molar-refractivity contribution is -0.155. The molecule has 0 saturated heterocycles. The fourth-order valence-corrected chi connectivity index (χ4v) is 2.14. The maximum absolute atomic E-state index is 12.1. The molecule has 2 aromatic carbocycles. The van der Waals surface area contributed by atoms with Crippen LogP contribution in [0, 0.1) is 0 Å². The molecule has 0 aliphatic heterocycles. The van der Waals surface area contributed by atoms with Gasteiger partial charge in [-0.3, -0.25) is 9.59 Å². The number of halogens is 1. The van der Waals surface area contributed by atoms with Crippen molar-refractivity contribution >= 4 is 35.1 Å². The summed E-state index contributed by atoms with van der Waals surface area (Å²) in [6, 6.07) is 12.7. The number of para-hydroxylation sites is 1. The van der Waals surface area contributed by atoms with Gasteiger partial charge in [-0.25, -0.2) is 4.79 Å². The Bertz CT molecular complexity index is 807. The molecule has 0 unspecified atom stereocenters. The molecule has 1 atom stereocenters. The van der Waals surface area contributed by atoms with Gasteiger partial charge in [0, 0.05) is 11.3 Å². The van der Waals surface area contributed by atoms with Crippen LogP contribution >= 0.6 is 11.6 Å². The Morgan fingerprint density at radius 1 is 1.12 bits per heavy atom. The monoisotopic (exact) mass is 376 g/mol. The average Bonchev–Trinajstić information content (AvgIpc) is 2.61. The molecule has 2 rings (SSSR count). The molecule has 26 heavy (non-hydrogen) atoms. The molecule has 3 N–H and O–H groups in total. The van der Waals surface area contributed by atoms with Crippen molar-refractivity contribution in [1.29, 1.82) is 0 Å². The summed E-state index contributed by atoms with van der Waals surface area (Å²) in [6.07, 6.45) is -1.03. The lowest BCUT2D eigenvalue weighted by Crippen LogP contribution is -2.31. The van der Waals surface area contributed by atoms with E-state index in [0.29, 0.717) is 22.0 Å². The van der Waals surface area contributed by atoms with E-state index in [4.69, 9.17) is 26.8 Å². The fourth-order valence-electron chi connectivity index (χ4n) is 1.94. The van der Waals surface area contributed by atoms with E-state index in [0.717, 1.165) is 0 Å². The first-order valence-electron chi connectivity index (χ1n) is 7.64. The molecule has 0 heterocycles. The largest absolute Gasteiger partial charge is 0.480 e. The molecular formula is C18H17ClN2O5. The van der Waals surface area contributed by atoms with Crippen molar-refractivity contribution in [3.05, 3.63) is 59.1 Å². The minimum absolute atomic E-state index is 0.319. The van der Waals surface area contributed by atoms with Gasteiger partial charge in [0.05, 0.1) is 5.02 Å². The minimum atomic E-state index is -1.03. The molecule has 8 heteroatoms. The first kappa shape index (κ1) is 19.3. The highest BCUT2D eigenvalue weighted by Crippen LogP contribution is 2.22. The lowest BCUT2D eigenvalue weighted by Gasteiger charge is -2.14. The second-order valence-corrected chi connectivity index (χ2v) is 5.69. The molecule has 7 nitrogen and oxygen atoms in total. The number of rotatable bonds is 7. The number of hydrogen-bond donors (Lipinski definition) is 2. The molecule has 136 valence electrons. The Balaban J connectivity index is 1.83. The predicted octanol–water partition coefficient (Wildman–Crippen LogP) is 2.39. The SMILES string of the molecule is C[C@@H](OC(=O)COc1ccccc1Cl)C(=O)Nc1ccc(C(N)=O)cc1. The number of carbonyl (C=O) groups excluding carboxylic acids is 3. The Hall–Kier alpha value is -3.06. The molecule has 2 amide bonds. The second kappa shape index (κ2) is 8.87. The Morgan fingerprint density at radius 3 is 2.38 bits per heavy atom. The summed E-state index contributed by atoms with van der Waals surface area (Å²) in [4.78, 5) is 34.9. The van der Waals surface area contributed by atoms with Crippen LogP contribution in [0.4, 0.5) is 5.69 Å². The summed E-state index contributed by atoms with van der Waals surface area (Å²) < 4.78 is 10.3. The minimum Gasteiger partial charge on any atom is -0.480 e. The van der Waals surface area contributed by atoms with E-state index in [9.17, 15) is 14.4 Å². The van der Waals surface area contributed by atoms with E-state index in [2.05, 4.69) is 5.32 Å². The van der Waals surface area contributed by atoms with Gasteiger partial charge in [0.25, 0.3) is 5.91 Å².